The molecule has 0 saturated carbocycles. The van der Waals surface area contributed by atoms with Crippen molar-refractivity contribution in [3.8, 4) is 0 Å². The van der Waals surface area contributed by atoms with Gasteiger partial charge in [0.1, 0.15) is 5.82 Å². The number of nitrogens with two attached hydrogens (primary N) is 1. The van der Waals surface area contributed by atoms with Crippen molar-refractivity contribution in [2.24, 2.45) is 11.7 Å². The van der Waals surface area contributed by atoms with Crippen molar-refractivity contribution in [1.29, 1.82) is 0 Å². The summed E-state index contributed by atoms with van der Waals surface area (Å²) in [6.45, 7) is 2.71. The molecule has 1 aromatic heterocycles. The first-order valence-corrected chi connectivity index (χ1v) is 6.10. The zero-order chi connectivity index (χ0) is 11.0. The predicted octanol–water partition coefficient (Wildman–Crippen LogP) is 0.651. The number of nitrogens with zero attached hydrogens (tertiary/aromatic N) is 3. The molecule has 16 heavy (non-hydrogen) atoms. The van der Waals surface area contributed by atoms with Crippen molar-refractivity contribution >= 4 is 0 Å². The molecule has 2 aliphatic heterocycles. The lowest BCUT2D eigenvalue weighted by molar-refractivity contribution is 0.185. The molecule has 5 heteroatoms. The number of hydrogen-bond donors (Lipinski definition) is 1. The number of ether oxygens (including phenoxy) is 1. The van der Waals surface area contributed by atoms with Crippen LogP contribution in [0.1, 0.15) is 37.0 Å². The Hall–Kier alpha value is -0.940. The van der Waals surface area contributed by atoms with Gasteiger partial charge in [0.05, 0.1) is 6.04 Å². The smallest absolute Gasteiger partial charge is 0.151 e. The lowest BCUT2D eigenvalue weighted by atomic mass is 10.1. The summed E-state index contributed by atoms with van der Waals surface area (Å²) in [6.07, 6.45) is 4.22. The molecule has 0 aliphatic carbocycles. The van der Waals surface area contributed by atoms with Gasteiger partial charge in [-0.2, -0.15) is 5.10 Å². The van der Waals surface area contributed by atoms with Crippen LogP contribution < -0.4 is 5.73 Å². The molecule has 2 aliphatic rings. The van der Waals surface area contributed by atoms with Crippen LogP contribution in [-0.4, -0.2) is 28.0 Å². The summed E-state index contributed by atoms with van der Waals surface area (Å²) in [5.74, 6) is 2.52. The SMILES string of the molecule is NC1CCCn2nc(CC3CCOC3)nc21. The highest BCUT2D eigenvalue weighted by atomic mass is 16.5. The van der Waals surface area contributed by atoms with Crippen LogP contribution in [0.15, 0.2) is 0 Å². The van der Waals surface area contributed by atoms with Gasteiger partial charge in [-0.3, -0.25) is 0 Å². The molecular weight excluding hydrogens is 204 g/mol. The second-order valence-electron chi connectivity index (χ2n) is 4.79. The van der Waals surface area contributed by atoms with E-state index < -0.39 is 0 Å². The van der Waals surface area contributed by atoms with Gasteiger partial charge in [0.2, 0.25) is 0 Å². The molecule has 0 amide bonds. The van der Waals surface area contributed by atoms with Crippen LogP contribution in [-0.2, 0) is 17.7 Å². The van der Waals surface area contributed by atoms with Crippen molar-refractivity contribution < 1.29 is 4.74 Å². The highest BCUT2D eigenvalue weighted by molar-refractivity contribution is 5.01. The third kappa shape index (κ3) is 1.85. The maximum Gasteiger partial charge on any atom is 0.151 e. The highest BCUT2D eigenvalue weighted by Gasteiger charge is 2.23. The zero-order valence-corrected chi connectivity index (χ0v) is 9.43. The second kappa shape index (κ2) is 4.14. The fraction of sp³-hybridized carbons (Fsp3) is 0.818. The van der Waals surface area contributed by atoms with Crippen molar-refractivity contribution in [2.45, 2.75) is 38.3 Å². The van der Waals surface area contributed by atoms with Gasteiger partial charge in [-0.05, 0) is 25.2 Å². The first-order chi connectivity index (χ1) is 7.83. The van der Waals surface area contributed by atoms with E-state index in [0.29, 0.717) is 5.92 Å². The maximum atomic E-state index is 6.02. The summed E-state index contributed by atoms with van der Waals surface area (Å²) in [7, 11) is 0. The van der Waals surface area contributed by atoms with E-state index in [1.807, 2.05) is 4.68 Å². The van der Waals surface area contributed by atoms with Crippen molar-refractivity contribution in [3.63, 3.8) is 0 Å². The Balaban J connectivity index is 1.75. The Morgan fingerprint density at radius 2 is 2.38 bits per heavy atom. The molecule has 88 valence electrons. The van der Waals surface area contributed by atoms with Crippen LogP contribution in [0.4, 0.5) is 0 Å². The Labute approximate surface area is 95.0 Å². The molecule has 2 unspecified atom stereocenters. The van der Waals surface area contributed by atoms with Crippen LogP contribution in [0.5, 0.6) is 0 Å². The van der Waals surface area contributed by atoms with Crippen LogP contribution in [0.2, 0.25) is 0 Å². The second-order valence-corrected chi connectivity index (χ2v) is 4.79. The third-order valence-electron chi connectivity index (χ3n) is 3.46. The Morgan fingerprint density at radius 3 is 3.12 bits per heavy atom. The van der Waals surface area contributed by atoms with Crippen molar-refractivity contribution in [1.82, 2.24) is 14.8 Å². The molecule has 0 spiro atoms. The molecule has 1 fully saturated rings. The predicted molar refractivity (Wildman–Crippen MR) is 58.8 cm³/mol. The van der Waals surface area contributed by atoms with Gasteiger partial charge in [0, 0.05) is 26.2 Å². The van der Waals surface area contributed by atoms with Gasteiger partial charge in [0.15, 0.2) is 5.82 Å². The van der Waals surface area contributed by atoms with E-state index in [2.05, 4.69) is 10.1 Å². The minimum absolute atomic E-state index is 0.0785. The van der Waals surface area contributed by atoms with Crippen LogP contribution in [0.3, 0.4) is 0 Å². The van der Waals surface area contributed by atoms with Crippen LogP contribution in [0.25, 0.3) is 0 Å². The molecule has 2 atom stereocenters. The van der Waals surface area contributed by atoms with E-state index >= 15 is 0 Å². The molecule has 3 rings (SSSR count). The van der Waals surface area contributed by atoms with Crippen LogP contribution >= 0.6 is 0 Å². The Kier molecular flexibility index (Phi) is 2.65. The van der Waals surface area contributed by atoms with Gasteiger partial charge in [-0.1, -0.05) is 0 Å². The molecule has 0 aromatic carbocycles. The highest BCUT2D eigenvalue weighted by Crippen LogP contribution is 2.22. The molecule has 0 radical (unpaired) electrons. The topological polar surface area (TPSA) is 66.0 Å². The molecule has 3 heterocycles. The quantitative estimate of drug-likeness (QED) is 0.798. The standard InChI is InChI=1S/C11H18N4O/c12-9-2-1-4-15-11(9)13-10(14-15)6-8-3-5-16-7-8/h8-9H,1-7,12H2. The Bertz CT molecular complexity index is 370. The summed E-state index contributed by atoms with van der Waals surface area (Å²) in [4.78, 5) is 4.57. The van der Waals surface area contributed by atoms with Gasteiger partial charge >= 0.3 is 0 Å². The molecule has 1 saturated heterocycles. The molecule has 5 nitrogen and oxygen atoms in total. The van der Waals surface area contributed by atoms with E-state index in [0.717, 1.165) is 57.1 Å². The largest absolute Gasteiger partial charge is 0.381 e. The molecule has 2 N–H and O–H groups in total. The Morgan fingerprint density at radius 1 is 1.44 bits per heavy atom. The zero-order valence-electron chi connectivity index (χ0n) is 9.43. The lowest BCUT2D eigenvalue weighted by Crippen LogP contribution is -2.22. The van der Waals surface area contributed by atoms with E-state index in [4.69, 9.17) is 10.5 Å². The summed E-state index contributed by atoms with van der Waals surface area (Å²) < 4.78 is 7.35. The fourth-order valence-corrected chi connectivity index (χ4v) is 2.52. The minimum atomic E-state index is 0.0785. The van der Waals surface area contributed by atoms with Crippen molar-refractivity contribution in [2.75, 3.05) is 13.2 Å². The number of hydrogen-bond acceptors (Lipinski definition) is 4. The summed E-state index contributed by atoms with van der Waals surface area (Å²) in [5.41, 5.74) is 6.02. The van der Waals surface area contributed by atoms with E-state index in [-0.39, 0.29) is 6.04 Å². The normalized spacial score (nSPS) is 29.3. The third-order valence-corrected chi connectivity index (χ3v) is 3.46. The summed E-state index contributed by atoms with van der Waals surface area (Å²) in [6, 6.07) is 0.0785. The summed E-state index contributed by atoms with van der Waals surface area (Å²) >= 11 is 0. The van der Waals surface area contributed by atoms with Gasteiger partial charge in [-0.25, -0.2) is 9.67 Å². The first kappa shape index (κ1) is 10.2. The minimum Gasteiger partial charge on any atom is -0.381 e. The average molecular weight is 222 g/mol. The van der Waals surface area contributed by atoms with Crippen molar-refractivity contribution in [3.05, 3.63) is 11.6 Å². The molecule has 0 bridgehead atoms. The first-order valence-electron chi connectivity index (χ1n) is 6.10. The number of rotatable bonds is 2. The van der Waals surface area contributed by atoms with Gasteiger partial charge in [0.25, 0.3) is 0 Å². The summed E-state index contributed by atoms with van der Waals surface area (Å²) in [5, 5.41) is 4.53. The van der Waals surface area contributed by atoms with E-state index in [1.54, 1.807) is 0 Å². The average Bonchev–Trinajstić information content (AvgIpc) is 2.88. The maximum absolute atomic E-state index is 6.02. The molecular formula is C11H18N4O. The monoisotopic (exact) mass is 222 g/mol. The van der Waals surface area contributed by atoms with Gasteiger partial charge < -0.3 is 10.5 Å². The number of aromatic nitrogens is 3. The lowest BCUT2D eigenvalue weighted by Gasteiger charge is -2.17. The van der Waals surface area contributed by atoms with E-state index in [9.17, 15) is 0 Å². The van der Waals surface area contributed by atoms with E-state index in [1.165, 1.54) is 0 Å². The number of fused-ring (bicyclic) bond motifs is 1. The van der Waals surface area contributed by atoms with Gasteiger partial charge in [-0.15, -0.1) is 0 Å². The van der Waals surface area contributed by atoms with Crippen LogP contribution in [0, 0.1) is 5.92 Å². The molecule has 1 aromatic rings. The fourth-order valence-electron chi connectivity index (χ4n) is 2.52. The number of aryl methyl sites for hydroxylation is 1.